The lowest BCUT2D eigenvalue weighted by Crippen LogP contribution is -2.39. The first-order chi connectivity index (χ1) is 17.1. The van der Waals surface area contributed by atoms with Gasteiger partial charge in [-0.25, -0.2) is 4.98 Å². The molecule has 1 aromatic heterocycles. The number of rotatable bonds is 11. The molecule has 2 aromatic carbocycles. The zero-order chi connectivity index (χ0) is 24.6. The van der Waals surface area contributed by atoms with E-state index in [0.717, 1.165) is 74.5 Å². The Hall–Kier alpha value is -3.10. The number of benzene rings is 2. The Morgan fingerprint density at radius 3 is 2.57 bits per heavy atom. The largest absolute Gasteiger partial charge is 0.496 e. The number of ether oxygens (including phenoxy) is 2. The molecule has 4 rings (SSSR count). The maximum Gasteiger partial charge on any atom is 0.225 e. The highest BCUT2D eigenvalue weighted by molar-refractivity contribution is 5.90. The van der Waals surface area contributed by atoms with E-state index < -0.39 is 0 Å². The Labute approximate surface area is 208 Å². The average molecular weight is 479 g/mol. The van der Waals surface area contributed by atoms with Crippen molar-refractivity contribution < 1.29 is 9.47 Å². The fraction of sp³-hybridized carbons (Fsp3) is 0.481. The van der Waals surface area contributed by atoms with Gasteiger partial charge in [0.1, 0.15) is 11.6 Å². The van der Waals surface area contributed by atoms with Crippen molar-refractivity contribution in [3.05, 3.63) is 48.0 Å². The number of piperidine rings is 1. The lowest BCUT2D eigenvalue weighted by molar-refractivity contribution is 0.197. The van der Waals surface area contributed by atoms with Gasteiger partial charge in [0.15, 0.2) is 0 Å². The van der Waals surface area contributed by atoms with Crippen molar-refractivity contribution in [1.82, 2.24) is 14.9 Å². The molecular formula is C27H38N6O2. The molecule has 0 atom stereocenters. The number of nitrogens with zero attached hydrogens (tertiary/aromatic N) is 4. The number of aromatic nitrogens is 2. The minimum absolute atomic E-state index is 0.372. The van der Waals surface area contributed by atoms with Gasteiger partial charge in [-0.15, -0.1) is 0 Å². The highest BCUT2D eigenvalue weighted by Crippen LogP contribution is 2.31. The van der Waals surface area contributed by atoms with Crippen LogP contribution in [0.3, 0.4) is 0 Å². The molecule has 188 valence electrons. The first kappa shape index (κ1) is 25.0. The van der Waals surface area contributed by atoms with Crippen LogP contribution in [-0.2, 0) is 11.3 Å². The number of anilines is 3. The van der Waals surface area contributed by atoms with Crippen molar-refractivity contribution in [2.75, 3.05) is 70.1 Å². The summed E-state index contributed by atoms with van der Waals surface area (Å²) in [5.74, 6) is 2.52. The van der Waals surface area contributed by atoms with E-state index in [4.69, 9.17) is 19.4 Å². The second-order valence-electron chi connectivity index (χ2n) is 9.23. The molecule has 1 aliphatic rings. The summed E-state index contributed by atoms with van der Waals surface area (Å²) in [7, 11) is 7.64. The van der Waals surface area contributed by atoms with E-state index >= 15 is 0 Å². The van der Waals surface area contributed by atoms with Crippen LogP contribution in [0.1, 0.15) is 24.8 Å². The Kier molecular flexibility index (Phi) is 8.60. The summed E-state index contributed by atoms with van der Waals surface area (Å²) >= 11 is 0. The molecule has 8 nitrogen and oxygen atoms in total. The maximum atomic E-state index is 5.68. The van der Waals surface area contributed by atoms with E-state index in [9.17, 15) is 0 Å². The molecule has 1 aliphatic heterocycles. The molecule has 8 heteroatoms. The summed E-state index contributed by atoms with van der Waals surface area (Å²) < 4.78 is 10.8. The van der Waals surface area contributed by atoms with Gasteiger partial charge in [-0.05, 0) is 43.5 Å². The van der Waals surface area contributed by atoms with Gasteiger partial charge in [0.2, 0.25) is 5.95 Å². The minimum atomic E-state index is 0.372. The van der Waals surface area contributed by atoms with Crippen LogP contribution >= 0.6 is 0 Å². The van der Waals surface area contributed by atoms with Gasteiger partial charge < -0.3 is 25.0 Å². The quantitative estimate of drug-likeness (QED) is 0.397. The van der Waals surface area contributed by atoms with Crippen LogP contribution in [-0.4, -0.2) is 75.5 Å². The molecule has 1 saturated heterocycles. The zero-order valence-electron chi connectivity index (χ0n) is 21.4. The van der Waals surface area contributed by atoms with Crippen LogP contribution in [0.15, 0.2) is 42.5 Å². The first-order valence-electron chi connectivity index (χ1n) is 12.4. The highest BCUT2D eigenvalue weighted by Gasteiger charge is 2.23. The lowest BCUT2D eigenvalue weighted by Gasteiger charge is -2.34. The zero-order valence-corrected chi connectivity index (χ0v) is 21.4. The fourth-order valence-electron chi connectivity index (χ4n) is 4.66. The molecule has 2 heterocycles. The smallest absolute Gasteiger partial charge is 0.225 e. The minimum Gasteiger partial charge on any atom is -0.496 e. The normalized spacial score (nSPS) is 14.7. The fourth-order valence-corrected chi connectivity index (χ4v) is 4.66. The molecular weight excluding hydrogens is 440 g/mol. The predicted molar refractivity (Wildman–Crippen MR) is 144 cm³/mol. The van der Waals surface area contributed by atoms with E-state index in [1.165, 1.54) is 11.3 Å². The van der Waals surface area contributed by atoms with Gasteiger partial charge in [0.25, 0.3) is 0 Å². The molecule has 0 saturated carbocycles. The summed E-state index contributed by atoms with van der Waals surface area (Å²) in [6.07, 6.45) is 3.03. The number of likely N-dealkylation sites (tertiary alicyclic amines) is 1. The number of nitrogens with one attached hydrogen (secondary N) is 2. The average Bonchev–Trinajstić information content (AvgIpc) is 2.88. The molecule has 1 fully saturated rings. The third-order valence-electron chi connectivity index (χ3n) is 6.53. The van der Waals surface area contributed by atoms with Crippen LogP contribution in [0, 0.1) is 0 Å². The summed E-state index contributed by atoms with van der Waals surface area (Å²) in [4.78, 5) is 14.2. The Balaban J connectivity index is 1.41. The van der Waals surface area contributed by atoms with Gasteiger partial charge in [0, 0.05) is 76.7 Å². The summed E-state index contributed by atoms with van der Waals surface area (Å²) in [5.41, 5.74) is 3.41. The van der Waals surface area contributed by atoms with Crippen LogP contribution in [0.25, 0.3) is 10.9 Å². The van der Waals surface area contributed by atoms with Crippen LogP contribution in [0.5, 0.6) is 5.75 Å². The van der Waals surface area contributed by atoms with E-state index in [1.807, 2.05) is 18.2 Å². The number of hydrogen-bond donors (Lipinski definition) is 2. The number of para-hydroxylation sites is 1. The number of hydrogen-bond acceptors (Lipinski definition) is 8. The van der Waals surface area contributed by atoms with Gasteiger partial charge in [-0.2, -0.15) is 4.98 Å². The summed E-state index contributed by atoms with van der Waals surface area (Å²) in [5, 5.41) is 8.13. The van der Waals surface area contributed by atoms with Crippen molar-refractivity contribution in [3.8, 4) is 5.75 Å². The molecule has 2 N–H and O–H groups in total. The predicted octanol–water partition coefficient (Wildman–Crippen LogP) is 4.23. The lowest BCUT2D eigenvalue weighted by atomic mass is 10.0. The maximum absolute atomic E-state index is 5.68. The van der Waals surface area contributed by atoms with E-state index in [2.05, 4.69) is 58.8 Å². The summed E-state index contributed by atoms with van der Waals surface area (Å²) in [6, 6.07) is 14.8. The molecule has 3 aromatic rings. The third kappa shape index (κ3) is 6.32. The molecule has 0 bridgehead atoms. The third-order valence-corrected chi connectivity index (χ3v) is 6.53. The second kappa shape index (κ2) is 12.0. The molecule has 0 spiro atoms. The Bertz CT molecular complexity index is 1100. The van der Waals surface area contributed by atoms with E-state index in [0.29, 0.717) is 12.0 Å². The van der Waals surface area contributed by atoms with Crippen molar-refractivity contribution in [2.45, 2.75) is 31.8 Å². The van der Waals surface area contributed by atoms with Crippen molar-refractivity contribution in [1.29, 1.82) is 0 Å². The Morgan fingerprint density at radius 2 is 1.83 bits per heavy atom. The molecule has 0 radical (unpaired) electrons. The monoisotopic (exact) mass is 478 g/mol. The van der Waals surface area contributed by atoms with Crippen LogP contribution < -0.4 is 20.3 Å². The van der Waals surface area contributed by atoms with Crippen molar-refractivity contribution >= 4 is 28.4 Å². The Morgan fingerprint density at radius 1 is 1.03 bits per heavy atom. The molecule has 0 unspecified atom stereocenters. The van der Waals surface area contributed by atoms with Crippen LogP contribution in [0.2, 0.25) is 0 Å². The van der Waals surface area contributed by atoms with E-state index in [-0.39, 0.29) is 0 Å². The standard InChI is InChI=1S/C27H38N6O2/c1-32(2)24-11-7-12-25(35-4)22(24)19-33-16-13-20(14-17-33)29-26-21-9-5-6-10-23(21)30-27(31-26)28-15-8-18-34-3/h5-7,9-12,20H,8,13-19H2,1-4H3,(H2,28,29,30,31). The van der Waals surface area contributed by atoms with E-state index in [1.54, 1.807) is 14.2 Å². The number of fused-ring (bicyclic) bond motifs is 1. The molecule has 0 amide bonds. The first-order valence-corrected chi connectivity index (χ1v) is 12.4. The summed E-state index contributed by atoms with van der Waals surface area (Å²) in [6.45, 7) is 4.43. The van der Waals surface area contributed by atoms with Gasteiger partial charge in [0.05, 0.1) is 12.6 Å². The second-order valence-corrected chi connectivity index (χ2v) is 9.23. The molecule has 35 heavy (non-hydrogen) atoms. The van der Waals surface area contributed by atoms with Gasteiger partial charge in [-0.1, -0.05) is 18.2 Å². The molecule has 0 aliphatic carbocycles. The number of methoxy groups -OCH3 is 2. The van der Waals surface area contributed by atoms with Crippen LogP contribution in [0.4, 0.5) is 17.5 Å². The van der Waals surface area contributed by atoms with Crippen molar-refractivity contribution in [3.63, 3.8) is 0 Å². The van der Waals surface area contributed by atoms with Gasteiger partial charge >= 0.3 is 0 Å². The highest BCUT2D eigenvalue weighted by atomic mass is 16.5. The SMILES string of the molecule is COCCCNc1nc(NC2CCN(Cc3c(OC)cccc3N(C)C)CC2)c2ccccc2n1. The van der Waals surface area contributed by atoms with Gasteiger partial charge in [-0.3, -0.25) is 4.90 Å². The topological polar surface area (TPSA) is 74.8 Å². The van der Waals surface area contributed by atoms with Crippen molar-refractivity contribution in [2.24, 2.45) is 0 Å².